The van der Waals surface area contributed by atoms with E-state index in [4.69, 9.17) is 5.26 Å². The molecule has 1 aromatic rings. The Morgan fingerprint density at radius 1 is 1.25 bits per heavy atom. The van der Waals surface area contributed by atoms with Crippen molar-refractivity contribution in [2.45, 2.75) is 43.7 Å². The van der Waals surface area contributed by atoms with E-state index < -0.39 is 0 Å². The molecule has 104 valence electrons. The average Bonchev–Trinajstić information content (AvgIpc) is 2.49. The van der Waals surface area contributed by atoms with Crippen LogP contribution in [0.2, 0.25) is 0 Å². The Balaban J connectivity index is 1.79. The maximum atomic E-state index is 9.31. The van der Waals surface area contributed by atoms with E-state index in [0.29, 0.717) is 0 Å². The van der Waals surface area contributed by atoms with Gasteiger partial charge in [-0.1, -0.05) is 30.3 Å². The summed E-state index contributed by atoms with van der Waals surface area (Å²) >= 11 is 0. The van der Waals surface area contributed by atoms with Crippen molar-refractivity contribution in [2.75, 3.05) is 6.61 Å². The summed E-state index contributed by atoms with van der Waals surface area (Å²) in [7, 11) is 0. The molecule has 3 rings (SSSR count). The van der Waals surface area contributed by atoms with Gasteiger partial charge in [0.25, 0.3) is 0 Å². The Morgan fingerprint density at radius 2 is 2.05 bits per heavy atom. The summed E-state index contributed by atoms with van der Waals surface area (Å²) in [5, 5.41) is 21.5. The molecule has 1 aliphatic heterocycles. The fraction of sp³-hybridized carbons (Fsp3) is 0.471. The van der Waals surface area contributed by atoms with Gasteiger partial charge < -0.3 is 5.11 Å². The normalized spacial score (nSPS) is 29.2. The second-order valence-electron chi connectivity index (χ2n) is 5.69. The number of nitrogens with zero attached hydrogens (tertiary/aromatic N) is 1. The van der Waals surface area contributed by atoms with Gasteiger partial charge >= 0.3 is 0 Å². The molecule has 2 N–H and O–H groups in total. The largest absolute Gasteiger partial charge is 0.395 e. The second-order valence-corrected chi connectivity index (χ2v) is 5.69. The van der Waals surface area contributed by atoms with Crippen LogP contribution in [0, 0.1) is 11.3 Å². The van der Waals surface area contributed by atoms with E-state index in [2.05, 4.69) is 41.7 Å². The van der Waals surface area contributed by atoms with Gasteiger partial charge in [-0.25, -0.2) is 0 Å². The Bertz CT molecular complexity index is 541. The number of hydrogen-bond acceptors (Lipinski definition) is 3. The van der Waals surface area contributed by atoms with Crippen LogP contribution in [0.15, 0.2) is 30.3 Å². The maximum absolute atomic E-state index is 9.31. The summed E-state index contributed by atoms with van der Waals surface area (Å²) < 4.78 is 0. The predicted molar refractivity (Wildman–Crippen MR) is 79.0 cm³/mol. The summed E-state index contributed by atoms with van der Waals surface area (Å²) in [6.45, 7) is 0.0791. The highest BCUT2D eigenvalue weighted by Gasteiger charge is 2.41. The molecule has 0 radical (unpaired) electrons. The molecule has 1 heterocycles. The summed E-state index contributed by atoms with van der Waals surface area (Å²) in [5.41, 5.74) is 3.90. The predicted octanol–water partition coefficient (Wildman–Crippen LogP) is 2.58. The van der Waals surface area contributed by atoms with Crippen molar-refractivity contribution in [3.8, 4) is 6.07 Å². The van der Waals surface area contributed by atoms with Crippen LogP contribution in [0.25, 0.3) is 5.57 Å². The van der Waals surface area contributed by atoms with Crippen LogP contribution >= 0.6 is 0 Å². The fourth-order valence-corrected chi connectivity index (χ4v) is 3.28. The third-order valence-corrected chi connectivity index (χ3v) is 4.48. The molecule has 0 unspecified atom stereocenters. The number of hydrogen-bond donors (Lipinski definition) is 2. The molecule has 1 saturated heterocycles. The fourth-order valence-electron chi connectivity index (χ4n) is 3.28. The smallest absolute Gasteiger partial charge is 0.104 e. The lowest BCUT2D eigenvalue weighted by atomic mass is 9.78. The van der Waals surface area contributed by atoms with Gasteiger partial charge in [0, 0.05) is 12.0 Å². The Morgan fingerprint density at radius 3 is 2.65 bits per heavy atom. The average molecular weight is 268 g/mol. The third-order valence-electron chi connectivity index (χ3n) is 4.48. The zero-order valence-electron chi connectivity index (χ0n) is 11.5. The Hall–Kier alpha value is -1.63. The molecular formula is C17H20N2O. The molecule has 1 aromatic carbocycles. The van der Waals surface area contributed by atoms with Crippen LogP contribution in [0.3, 0.4) is 0 Å². The summed E-state index contributed by atoms with van der Waals surface area (Å²) in [6, 6.07) is 10.6. The van der Waals surface area contributed by atoms with Crippen LogP contribution in [0.5, 0.6) is 0 Å². The molecule has 1 fully saturated rings. The highest BCUT2D eigenvalue weighted by Crippen LogP contribution is 2.33. The van der Waals surface area contributed by atoms with E-state index in [-0.39, 0.29) is 24.6 Å². The lowest BCUT2D eigenvalue weighted by molar-refractivity contribution is 0.151. The monoisotopic (exact) mass is 268 g/mol. The van der Waals surface area contributed by atoms with Crippen molar-refractivity contribution in [1.82, 2.24) is 5.32 Å². The molecule has 1 aliphatic carbocycles. The topological polar surface area (TPSA) is 56.0 Å². The summed E-state index contributed by atoms with van der Waals surface area (Å²) in [5.74, 6) is 0.111. The highest BCUT2D eigenvalue weighted by molar-refractivity contribution is 5.66. The SMILES string of the molecule is N#C[C@@H]1N[C@@H](CO)[C@@H]1c1ccc(C2=CCCCC2)cc1. The highest BCUT2D eigenvalue weighted by atomic mass is 16.3. The van der Waals surface area contributed by atoms with Crippen molar-refractivity contribution in [2.24, 2.45) is 0 Å². The minimum atomic E-state index is -0.174. The minimum absolute atomic E-state index is 0.0133. The molecule has 20 heavy (non-hydrogen) atoms. The zero-order valence-corrected chi connectivity index (χ0v) is 11.5. The number of rotatable bonds is 3. The third kappa shape index (κ3) is 2.37. The van der Waals surface area contributed by atoms with Crippen LogP contribution in [-0.2, 0) is 0 Å². The van der Waals surface area contributed by atoms with E-state index in [1.165, 1.54) is 36.8 Å². The van der Waals surface area contributed by atoms with Crippen LogP contribution in [-0.4, -0.2) is 23.8 Å². The van der Waals surface area contributed by atoms with Crippen LogP contribution in [0.1, 0.15) is 42.7 Å². The van der Waals surface area contributed by atoms with Gasteiger partial charge in [0.15, 0.2) is 0 Å². The van der Waals surface area contributed by atoms with Crippen LogP contribution < -0.4 is 5.32 Å². The maximum Gasteiger partial charge on any atom is 0.104 e. The first kappa shape index (κ1) is 13.4. The second kappa shape index (κ2) is 5.78. The molecule has 0 amide bonds. The van der Waals surface area contributed by atoms with Gasteiger partial charge in [0.2, 0.25) is 0 Å². The van der Waals surface area contributed by atoms with E-state index in [0.717, 1.165) is 5.56 Å². The number of allylic oxidation sites excluding steroid dienone is 2. The van der Waals surface area contributed by atoms with Crippen LogP contribution in [0.4, 0.5) is 0 Å². The quantitative estimate of drug-likeness (QED) is 0.886. The van der Waals surface area contributed by atoms with Gasteiger partial charge in [0.05, 0.1) is 12.7 Å². The molecule has 3 atom stereocenters. The summed E-state index contributed by atoms with van der Waals surface area (Å²) in [6.07, 6.45) is 7.29. The van der Waals surface area contributed by atoms with E-state index in [1.54, 1.807) is 0 Å². The van der Waals surface area contributed by atoms with E-state index in [1.807, 2.05) is 0 Å². The molecule has 3 nitrogen and oxygen atoms in total. The molecule has 2 aliphatic rings. The number of aliphatic hydroxyl groups is 1. The van der Waals surface area contributed by atoms with Crippen molar-refractivity contribution in [1.29, 1.82) is 5.26 Å². The van der Waals surface area contributed by atoms with E-state index >= 15 is 0 Å². The molecule has 0 saturated carbocycles. The van der Waals surface area contributed by atoms with Crippen molar-refractivity contribution in [3.05, 3.63) is 41.5 Å². The Labute approximate surface area is 119 Å². The standard InChI is InChI=1S/C17H20N2O/c18-10-15-17(16(11-20)19-15)14-8-6-13(7-9-14)12-4-2-1-3-5-12/h4,6-9,15-17,19-20H,1-3,5,11H2/t15-,16-,17+/m0/s1. The molecule has 0 spiro atoms. The van der Waals surface area contributed by atoms with Gasteiger partial charge in [-0.15, -0.1) is 0 Å². The summed E-state index contributed by atoms with van der Waals surface area (Å²) in [4.78, 5) is 0. The van der Waals surface area contributed by atoms with Crippen molar-refractivity contribution in [3.63, 3.8) is 0 Å². The zero-order chi connectivity index (χ0) is 13.9. The first-order valence-corrected chi connectivity index (χ1v) is 7.39. The molecular weight excluding hydrogens is 248 g/mol. The van der Waals surface area contributed by atoms with E-state index in [9.17, 15) is 5.11 Å². The first-order chi connectivity index (χ1) is 9.83. The molecule has 0 aromatic heterocycles. The van der Waals surface area contributed by atoms with Crippen molar-refractivity contribution >= 4 is 5.57 Å². The van der Waals surface area contributed by atoms with Gasteiger partial charge in [-0.3, -0.25) is 5.32 Å². The minimum Gasteiger partial charge on any atom is -0.395 e. The number of aliphatic hydroxyl groups excluding tert-OH is 1. The lowest BCUT2D eigenvalue weighted by Crippen LogP contribution is -2.60. The lowest BCUT2D eigenvalue weighted by Gasteiger charge is -2.42. The van der Waals surface area contributed by atoms with Gasteiger partial charge in [-0.05, 0) is 42.4 Å². The van der Waals surface area contributed by atoms with Gasteiger partial charge in [0.1, 0.15) is 6.04 Å². The Kier molecular flexibility index (Phi) is 3.86. The number of nitriles is 1. The number of benzene rings is 1. The van der Waals surface area contributed by atoms with Gasteiger partial charge in [-0.2, -0.15) is 5.26 Å². The molecule has 3 heteroatoms. The first-order valence-electron chi connectivity index (χ1n) is 7.39. The molecule has 0 bridgehead atoms. The number of nitrogens with one attached hydrogen (secondary N) is 1. The van der Waals surface area contributed by atoms with Crippen molar-refractivity contribution < 1.29 is 5.11 Å².